The molecule has 0 fully saturated rings. The van der Waals surface area contributed by atoms with Crippen LogP contribution in [0.3, 0.4) is 0 Å². The molecular weight excluding hydrogens is 288 g/mol. The molecule has 5 nitrogen and oxygen atoms in total. The lowest BCUT2D eigenvalue weighted by molar-refractivity contribution is -0.121. The number of para-hydroxylation sites is 1. The van der Waals surface area contributed by atoms with Gasteiger partial charge in [-0.2, -0.15) is 0 Å². The van der Waals surface area contributed by atoms with E-state index in [1.54, 1.807) is 24.3 Å². The summed E-state index contributed by atoms with van der Waals surface area (Å²) in [5.41, 5.74) is 0.631. The van der Waals surface area contributed by atoms with Crippen LogP contribution < -0.4 is 9.62 Å². The molecule has 0 spiro atoms. The van der Waals surface area contributed by atoms with Crippen molar-refractivity contribution in [1.29, 1.82) is 0 Å². The lowest BCUT2D eigenvalue weighted by atomic mass is 10.2. The molecule has 0 heterocycles. The van der Waals surface area contributed by atoms with Crippen LogP contribution in [-0.4, -0.2) is 33.7 Å². The molecular formula is C15H24N2O3S. The zero-order chi connectivity index (χ0) is 15.7. The maximum absolute atomic E-state index is 11.8. The minimum atomic E-state index is -3.34. The highest BCUT2D eigenvalue weighted by Crippen LogP contribution is 2.17. The Labute approximate surface area is 127 Å². The highest BCUT2D eigenvalue weighted by Gasteiger charge is 2.16. The number of sulfonamides is 1. The minimum Gasteiger partial charge on any atom is -0.356 e. The van der Waals surface area contributed by atoms with Gasteiger partial charge in [0, 0.05) is 19.5 Å². The molecule has 1 N–H and O–H groups in total. The van der Waals surface area contributed by atoms with Crippen molar-refractivity contribution in [2.45, 2.75) is 32.6 Å². The van der Waals surface area contributed by atoms with Crippen molar-refractivity contribution < 1.29 is 13.2 Å². The number of unbranched alkanes of at least 4 members (excludes halogenated alkanes) is 1. The topological polar surface area (TPSA) is 66.5 Å². The summed E-state index contributed by atoms with van der Waals surface area (Å²) in [5.74, 6) is -0.0232. The molecule has 0 saturated heterocycles. The molecule has 0 bridgehead atoms. The molecule has 118 valence electrons. The maximum atomic E-state index is 11.8. The number of nitrogens with one attached hydrogen (secondary N) is 1. The summed E-state index contributed by atoms with van der Waals surface area (Å²) in [4.78, 5) is 11.6. The Morgan fingerprint density at radius 3 is 2.43 bits per heavy atom. The second-order valence-electron chi connectivity index (χ2n) is 4.98. The summed E-state index contributed by atoms with van der Waals surface area (Å²) in [5, 5.41) is 2.83. The van der Waals surface area contributed by atoms with Gasteiger partial charge in [-0.15, -0.1) is 0 Å². The largest absolute Gasteiger partial charge is 0.356 e. The van der Waals surface area contributed by atoms with E-state index >= 15 is 0 Å². The van der Waals surface area contributed by atoms with Gasteiger partial charge in [0.25, 0.3) is 0 Å². The maximum Gasteiger partial charge on any atom is 0.232 e. The Morgan fingerprint density at radius 2 is 1.86 bits per heavy atom. The van der Waals surface area contributed by atoms with Gasteiger partial charge in [0.05, 0.1) is 11.9 Å². The number of benzene rings is 1. The van der Waals surface area contributed by atoms with E-state index in [9.17, 15) is 13.2 Å². The predicted molar refractivity (Wildman–Crippen MR) is 85.8 cm³/mol. The third kappa shape index (κ3) is 6.62. The van der Waals surface area contributed by atoms with E-state index in [1.807, 2.05) is 6.07 Å². The summed E-state index contributed by atoms with van der Waals surface area (Å²) >= 11 is 0. The van der Waals surface area contributed by atoms with Gasteiger partial charge in [0.15, 0.2) is 0 Å². The number of hydrogen-bond acceptors (Lipinski definition) is 3. The number of amides is 1. The molecule has 1 aromatic rings. The molecule has 0 aliphatic heterocycles. The van der Waals surface area contributed by atoms with Crippen LogP contribution in [0.1, 0.15) is 32.6 Å². The molecule has 0 aliphatic carbocycles. The van der Waals surface area contributed by atoms with Crippen LogP contribution in [0.4, 0.5) is 5.69 Å². The van der Waals surface area contributed by atoms with Crippen LogP contribution >= 0.6 is 0 Å². The summed E-state index contributed by atoms with van der Waals surface area (Å²) in [6, 6.07) is 8.94. The Morgan fingerprint density at radius 1 is 1.19 bits per heavy atom. The highest BCUT2D eigenvalue weighted by atomic mass is 32.2. The van der Waals surface area contributed by atoms with Crippen LogP contribution in [0.2, 0.25) is 0 Å². The van der Waals surface area contributed by atoms with Crippen LogP contribution in [0, 0.1) is 0 Å². The monoisotopic (exact) mass is 312 g/mol. The Kier molecular flexibility index (Phi) is 7.22. The van der Waals surface area contributed by atoms with Crippen LogP contribution in [0.25, 0.3) is 0 Å². The summed E-state index contributed by atoms with van der Waals surface area (Å²) in [7, 11) is -3.34. The zero-order valence-electron chi connectivity index (χ0n) is 12.7. The molecule has 1 aromatic carbocycles. The van der Waals surface area contributed by atoms with Crippen molar-refractivity contribution in [3.63, 3.8) is 0 Å². The van der Waals surface area contributed by atoms with Crippen molar-refractivity contribution in [2.24, 2.45) is 0 Å². The lowest BCUT2D eigenvalue weighted by Gasteiger charge is -2.22. The van der Waals surface area contributed by atoms with Gasteiger partial charge in [0.2, 0.25) is 15.9 Å². The molecule has 0 saturated carbocycles. The summed E-state index contributed by atoms with van der Waals surface area (Å²) in [6.45, 7) is 3.06. The molecule has 1 rings (SSSR count). The van der Waals surface area contributed by atoms with Crippen LogP contribution in [0.5, 0.6) is 0 Å². The second kappa shape index (κ2) is 8.67. The average molecular weight is 312 g/mol. The average Bonchev–Trinajstić information content (AvgIpc) is 2.43. The number of carbonyl (C=O) groups excluding carboxylic acids is 1. The fourth-order valence-electron chi connectivity index (χ4n) is 1.96. The molecule has 0 unspecified atom stereocenters. The molecule has 0 aromatic heterocycles. The first kappa shape index (κ1) is 17.5. The van der Waals surface area contributed by atoms with Crippen molar-refractivity contribution in [3.8, 4) is 0 Å². The second-order valence-corrected chi connectivity index (χ2v) is 6.88. The normalized spacial score (nSPS) is 11.1. The van der Waals surface area contributed by atoms with E-state index in [0.29, 0.717) is 31.6 Å². The first-order valence-electron chi connectivity index (χ1n) is 7.24. The van der Waals surface area contributed by atoms with Crippen molar-refractivity contribution in [1.82, 2.24) is 5.32 Å². The van der Waals surface area contributed by atoms with Gasteiger partial charge in [-0.05, 0) is 25.0 Å². The zero-order valence-corrected chi connectivity index (χ0v) is 13.5. The fraction of sp³-hybridized carbons (Fsp3) is 0.533. The van der Waals surface area contributed by atoms with Crippen LogP contribution in [-0.2, 0) is 14.8 Å². The number of hydrogen-bond donors (Lipinski definition) is 1. The van der Waals surface area contributed by atoms with Gasteiger partial charge in [0.1, 0.15) is 0 Å². The number of anilines is 1. The lowest BCUT2D eigenvalue weighted by Crippen LogP contribution is -2.32. The van der Waals surface area contributed by atoms with Gasteiger partial charge < -0.3 is 5.32 Å². The SMILES string of the molecule is CCCCNC(=O)CCCN(c1ccccc1)S(C)(=O)=O. The Balaban J connectivity index is 2.51. The molecule has 0 radical (unpaired) electrons. The van der Waals surface area contributed by atoms with Gasteiger partial charge >= 0.3 is 0 Å². The van der Waals surface area contributed by atoms with E-state index < -0.39 is 10.0 Å². The quantitative estimate of drug-likeness (QED) is 0.711. The van der Waals surface area contributed by atoms with Gasteiger partial charge in [-0.25, -0.2) is 8.42 Å². The molecule has 21 heavy (non-hydrogen) atoms. The Hall–Kier alpha value is -1.56. The van der Waals surface area contributed by atoms with E-state index in [1.165, 1.54) is 10.6 Å². The van der Waals surface area contributed by atoms with E-state index in [2.05, 4.69) is 12.2 Å². The third-order valence-corrected chi connectivity index (χ3v) is 4.26. The number of nitrogens with zero attached hydrogens (tertiary/aromatic N) is 1. The standard InChI is InChI=1S/C15H24N2O3S/c1-3-4-12-16-15(18)11-8-13-17(21(2,19)20)14-9-6-5-7-10-14/h5-7,9-10H,3-4,8,11-13H2,1-2H3,(H,16,18). The summed E-state index contributed by atoms with van der Waals surface area (Å²) < 4.78 is 25.0. The number of carbonyl (C=O) groups is 1. The molecule has 0 atom stereocenters. The van der Waals surface area contributed by atoms with E-state index in [0.717, 1.165) is 12.8 Å². The molecule has 1 amide bonds. The first-order chi connectivity index (χ1) is 9.95. The number of rotatable bonds is 9. The smallest absolute Gasteiger partial charge is 0.232 e. The molecule has 6 heteroatoms. The fourth-order valence-corrected chi connectivity index (χ4v) is 2.92. The minimum absolute atomic E-state index is 0.0232. The van der Waals surface area contributed by atoms with Crippen LogP contribution in [0.15, 0.2) is 30.3 Å². The van der Waals surface area contributed by atoms with Crippen molar-refractivity contribution in [2.75, 3.05) is 23.7 Å². The summed E-state index contributed by atoms with van der Waals surface area (Å²) in [6.07, 6.45) is 4.02. The highest BCUT2D eigenvalue weighted by molar-refractivity contribution is 7.92. The predicted octanol–water partition coefficient (Wildman–Crippen LogP) is 2.15. The Bertz CT molecular complexity index is 529. The van der Waals surface area contributed by atoms with E-state index in [4.69, 9.17) is 0 Å². The van der Waals surface area contributed by atoms with E-state index in [-0.39, 0.29) is 5.91 Å². The van der Waals surface area contributed by atoms with Gasteiger partial charge in [-0.1, -0.05) is 31.5 Å². The molecule has 0 aliphatic rings. The third-order valence-electron chi connectivity index (χ3n) is 3.06. The first-order valence-corrected chi connectivity index (χ1v) is 9.09. The van der Waals surface area contributed by atoms with Gasteiger partial charge in [-0.3, -0.25) is 9.10 Å². The van der Waals surface area contributed by atoms with Crippen molar-refractivity contribution in [3.05, 3.63) is 30.3 Å². The van der Waals surface area contributed by atoms with Crippen molar-refractivity contribution >= 4 is 21.6 Å².